The van der Waals surface area contributed by atoms with Gasteiger partial charge in [0.15, 0.2) is 0 Å². The fourth-order valence-electron chi connectivity index (χ4n) is 1.29. The molecular formula is C15H15F3O. The fraction of sp³-hybridized carbons (Fsp3) is 0.333. The van der Waals surface area contributed by atoms with Crippen LogP contribution in [0, 0.1) is 11.8 Å². The molecule has 1 nitrogen and oxygen atoms in total. The Morgan fingerprint density at radius 2 is 1.84 bits per heavy atom. The average Bonchev–Trinajstić information content (AvgIpc) is 2.37. The number of ether oxygens (including phenoxy) is 1. The number of benzene rings is 1. The first-order valence-corrected chi connectivity index (χ1v) is 5.93. The number of rotatable bonds is 4. The summed E-state index contributed by atoms with van der Waals surface area (Å²) in [6.07, 6.45) is 0.546. The van der Waals surface area contributed by atoms with Crippen molar-refractivity contribution in [2.45, 2.75) is 19.5 Å². The van der Waals surface area contributed by atoms with Crippen LogP contribution in [-0.2, 0) is 10.9 Å². The summed E-state index contributed by atoms with van der Waals surface area (Å²) in [6, 6.07) is 4.75. The van der Waals surface area contributed by atoms with Gasteiger partial charge < -0.3 is 4.74 Å². The van der Waals surface area contributed by atoms with Crippen LogP contribution in [0.1, 0.15) is 24.5 Å². The van der Waals surface area contributed by atoms with E-state index < -0.39 is 11.7 Å². The highest BCUT2D eigenvalue weighted by molar-refractivity contribution is 5.36. The van der Waals surface area contributed by atoms with Crippen molar-refractivity contribution in [1.29, 1.82) is 0 Å². The van der Waals surface area contributed by atoms with E-state index in [-0.39, 0.29) is 6.61 Å². The zero-order valence-corrected chi connectivity index (χ0v) is 10.6. The van der Waals surface area contributed by atoms with Crippen molar-refractivity contribution in [2.75, 3.05) is 13.2 Å². The van der Waals surface area contributed by atoms with Gasteiger partial charge in [0, 0.05) is 5.56 Å². The van der Waals surface area contributed by atoms with Gasteiger partial charge in [0.2, 0.25) is 0 Å². The Kier molecular flexibility index (Phi) is 6.17. The predicted molar refractivity (Wildman–Crippen MR) is 68.6 cm³/mol. The Hall–Kier alpha value is -1.73. The highest BCUT2D eigenvalue weighted by Crippen LogP contribution is 2.28. The van der Waals surface area contributed by atoms with Crippen LogP contribution in [0.25, 0.3) is 0 Å². The molecule has 0 N–H and O–H groups in total. The van der Waals surface area contributed by atoms with Crippen LogP contribution >= 0.6 is 0 Å². The molecule has 0 spiro atoms. The van der Waals surface area contributed by atoms with Crippen LogP contribution in [0.3, 0.4) is 0 Å². The molecule has 0 aromatic heterocycles. The van der Waals surface area contributed by atoms with Gasteiger partial charge in [0.25, 0.3) is 0 Å². The van der Waals surface area contributed by atoms with Crippen LogP contribution in [0.4, 0.5) is 13.2 Å². The van der Waals surface area contributed by atoms with E-state index in [1.165, 1.54) is 12.1 Å². The van der Waals surface area contributed by atoms with E-state index >= 15 is 0 Å². The molecule has 0 heterocycles. The van der Waals surface area contributed by atoms with Crippen LogP contribution in [0.15, 0.2) is 36.4 Å². The second-order valence-electron chi connectivity index (χ2n) is 3.77. The molecule has 0 aliphatic carbocycles. The molecule has 1 aromatic rings. The van der Waals surface area contributed by atoms with Crippen molar-refractivity contribution in [1.82, 2.24) is 0 Å². The molecule has 0 unspecified atom stereocenters. The lowest BCUT2D eigenvalue weighted by atomic mass is 10.1. The lowest BCUT2D eigenvalue weighted by Crippen LogP contribution is -2.04. The average molecular weight is 268 g/mol. The van der Waals surface area contributed by atoms with Gasteiger partial charge in [0.05, 0.1) is 12.2 Å². The van der Waals surface area contributed by atoms with Crippen molar-refractivity contribution in [2.24, 2.45) is 0 Å². The Balaban J connectivity index is 2.44. The lowest BCUT2D eigenvalue weighted by Gasteiger charge is -2.05. The van der Waals surface area contributed by atoms with Gasteiger partial charge in [0.1, 0.15) is 6.61 Å². The molecule has 102 valence electrons. The summed E-state index contributed by atoms with van der Waals surface area (Å²) in [6.45, 7) is 2.78. The quantitative estimate of drug-likeness (QED) is 0.455. The van der Waals surface area contributed by atoms with Crippen molar-refractivity contribution in [3.8, 4) is 11.8 Å². The third-order valence-corrected chi connectivity index (χ3v) is 2.24. The third-order valence-electron chi connectivity index (χ3n) is 2.24. The zero-order chi connectivity index (χ0) is 14.1. The summed E-state index contributed by atoms with van der Waals surface area (Å²) in [7, 11) is 0. The number of halogens is 3. The van der Waals surface area contributed by atoms with Gasteiger partial charge in [-0.25, -0.2) is 0 Å². The topological polar surface area (TPSA) is 9.23 Å². The molecule has 1 rings (SSSR count). The maximum atomic E-state index is 12.3. The van der Waals surface area contributed by atoms with Crippen LogP contribution in [0.5, 0.6) is 0 Å². The monoisotopic (exact) mass is 268 g/mol. The number of hydrogen-bond acceptors (Lipinski definition) is 1. The number of allylic oxidation sites excluding steroid dienone is 1. The molecule has 0 aliphatic rings. The Morgan fingerprint density at radius 1 is 1.16 bits per heavy atom. The first-order chi connectivity index (χ1) is 9.04. The molecule has 0 bridgehead atoms. The van der Waals surface area contributed by atoms with Crippen molar-refractivity contribution in [3.63, 3.8) is 0 Å². The van der Waals surface area contributed by atoms with Crippen molar-refractivity contribution in [3.05, 3.63) is 47.5 Å². The van der Waals surface area contributed by atoms with E-state index in [4.69, 9.17) is 4.74 Å². The third kappa shape index (κ3) is 6.12. The molecule has 0 atom stereocenters. The summed E-state index contributed by atoms with van der Waals surface area (Å²) in [4.78, 5) is 0. The normalized spacial score (nSPS) is 11.4. The molecular weight excluding hydrogens is 253 g/mol. The maximum absolute atomic E-state index is 12.3. The number of hydrogen-bond donors (Lipinski definition) is 0. The van der Waals surface area contributed by atoms with E-state index in [0.717, 1.165) is 18.6 Å². The van der Waals surface area contributed by atoms with Gasteiger partial charge >= 0.3 is 6.18 Å². The standard InChI is InChI=1S/C15H15F3O/c1-2-3-4-11-19-12-5-6-13-7-9-14(10-8-13)15(16,17)18/h3-4,7-10H,2,11-12H2,1H3. The van der Waals surface area contributed by atoms with Gasteiger partial charge in [-0.1, -0.05) is 30.9 Å². The molecule has 0 saturated heterocycles. The highest BCUT2D eigenvalue weighted by Gasteiger charge is 2.29. The summed E-state index contributed by atoms with van der Waals surface area (Å²) in [5, 5.41) is 0. The second kappa shape index (κ2) is 7.65. The summed E-state index contributed by atoms with van der Waals surface area (Å²) >= 11 is 0. The first kappa shape index (κ1) is 15.3. The van der Waals surface area contributed by atoms with E-state index in [1.54, 1.807) is 0 Å². The summed E-state index contributed by atoms with van der Waals surface area (Å²) < 4.78 is 42.1. The smallest absolute Gasteiger partial charge is 0.365 e. The molecule has 19 heavy (non-hydrogen) atoms. The van der Waals surface area contributed by atoms with Crippen molar-refractivity contribution >= 4 is 0 Å². The van der Waals surface area contributed by atoms with Crippen molar-refractivity contribution < 1.29 is 17.9 Å². The molecule has 0 amide bonds. The Bertz CT molecular complexity index is 461. The highest BCUT2D eigenvalue weighted by atomic mass is 19.4. The molecule has 1 aromatic carbocycles. The minimum absolute atomic E-state index is 0.259. The van der Waals surface area contributed by atoms with Gasteiger partial charge in [-0.3, -0.25) is 0 Å². The summed E-state index contributed by atoms with van der Waals surface area (Å²) in [5.74, 6) is 5.50. The molecule has 0 aliphatic heterocycles. The molecule has 0 saturated carbocycles. The Morgan fingerprint density at radius 3 is 2.42 bits per heavy atom. The predicted octanol–water partition coefficient (Wildman–Crippen LogP) is 4.04. The summed E-state index contributed by atoms with van der Waals surface area (Å²) in [5.41, 5.74) is -0.125. The largest absolute Gasteiger partial charge is 0.416 e. The Labute approximate surface area is 111 Å². The van der Waals surface area contributed by atoms with E-state index in [9.17, 15) is 13.2 Å². The zero-order valence-electron chi connectivity index (χ0n) is 10.6. The van der Waals surface area contributed by atoms with E-state index in [0.29, 0.717) is 12.2 Å². The van der Waals surface area contributed by atoms with Gasteiger partial charge in [-0.15, -0.1) is 0 Å². The van der Waals surface area contributed by atoms with Crippen LogP contribution < -0.4 is 0 Å². The number of alkyl halides is 3. The van der Waals surface area contributed by atoms with E-state index in [2.05, 4.69) is 11.8 Å². The first-order valence-electron chi connectivity index (χ1n) is 5.93. The maximum Gasteiger partial charge on any atom is 0.416 e. The lowest BCUT2D eigenvalue weighted by molar-refractivity contribution is -0.137. The fourth-order valence-corrected chi connectivity index (χ4v) is 1.29. The SMILES string of the molecule is CCC=CCOCC#Cc1ccc(C(F)(F)F)cc1. The molecule has 0 fully saturated rings. The van der Waals surface area contributed by atoms with Gasteiger partial charge in [-0.05, 0) is 30.7 Å². The molecule has 4 heteroatoms. The second-order valence-corrected chi connectivity index (χ2v) is 3.77. The van der Waals surface area contributed by atoms with Crippen LogP contribution in [0.2, 0.25) is 0 Å². The minimum atomic E-state index is -4.30. The molecule has 0 radical (unpaired) electrons. The van der Waals surface area contributed by atoms with Gasteiger partial charge in [-0.2, -0.15) is 13.2 Å². The van der Waals surface area contributed by atoms with Crippen LogP contribution in [-0.4, -0.2) is 13.2 Å². The minimum Gasteiger partial charge on any atom is -0.365 e. The van der Waals surface area contributed by atoms with E-state index in [1.807, 2.05) is 19.1 Å².